The molecule has 3 N–H and O–H groups in total. The highest BCUT2D eigenvalue weighted by Crippen LogP contribution is 2.46. The average molecular weight is 373 g/mol. The van der Waals surface area contributed by atoms with E-state index in [1.807, 2.05) is 6.07 Å². The molecule has 2 heterocycles. The van der Waals surface area contributed by atoms with Gasteiger partial charge in [-0.15, -0.1) is 0 Å². The van der Waals surface area contributed by atoms with Gasteiger partial charge in [0.1, 0.15) is 0 Å². The Morgan fingerprint density at radius 2 is 2.08 bits per heavy atom. The molecule has 1 saturated carbocycles. The summed E-state index contributed by atoms with van der Waals surface area (Å²) in [7, 11) is 0. The van der Waals surface area contributed by atoms with Crippen molar-refractivity contribution in [3.63, 3.8) is 0 Å². The van der Waals surface area contributed by atoms with Crippen LogP contribution in [0.25, 0.3) is 11.0 Å². The van der Waals surface area contributed by atoms with Crippen LogP contribution in [-0.4, -0.2) is 33.5 Å². The Morgan fingerprint density at radius 1 is 1.27 bits per heavy atom. The van der Waals surface area contributed by atoms with E-state index in [9.17, 15) is 4.79 Å². The van der Waals surface area contributed by atoms with E-state index in [2.05, 4.69) is 48.2 Å². The molecule has 2 unspecified atom stereocenters. The van der Waals surface area contributed by atoms with E-state index in [1.54, 1.807) is 11.9 Å². The number of hydrogen-bond donors (Lipinski definition) is 3. The summed E-state index contributed by atoms with van der Waals surface area (Å²) in [5, 5.41) is 3.55. The van der Waals surface area contributed by atoms with Crippen molar-refractivity contribution in [2.45, 2.75) is 51.2 Å². The van der Waals surface area contributed by atoms with Gasteiger partial charge in [-0.25, -0.2) is 9.19 Å². The number of imidazole rings is 1. The first-order valence-electron chi connectivity index (χ1n) is 9.49. The minimum absolute atomic E-state index is 0.141. The Hall–Kier alpha value is -1.53. The molecule has 1 aromatic carbocycles. The molecule has 1 aliphatic carbocycles. The molecular weight excluding hydrogens is 344 g/mol. The van der Waals surface area contributed by atoms with Gasteiger partial charge in [-0.05, 0) is 88.1 Å². The third kappa shape index (κ3) is 3.76. The van der Waals surface area contributed by atoms with E-state index in [0.29, 0.717) is 11.3 Å². The highest BCUT2D eigenvalue weighted by atomic mass is 32.2. The molecule has 1 saturated heterocycles. The first-order valence-corrected chi connectivity index (χ1v) is 10.3. The van der Waals surface area contributed by atoms with Crippen LogP contribution in [0.4, 0.5) is 0 Å². The molecule has 4 rings (SSSR count). The van der Waals surface area contributed by atoms with E-state index in [1.165, 1.54) is 24.1 Å². The number of benzene rings is 1. The fourth-order valence-electron chi connectivity index (χ4n) is 4.35. The molecule has 2 aromatic rings. The number of nitrogens with one attached hydrogen (secondary N) is 3. The quantitative estimate of drug-likeness (QED) is 0.720. The van der Waals surface area contributed by atoms with Crippen LogP contribution in [0.15, 0.2) is 27.4 Å². The summed E-state index contributed by atoms with van der Waals surface area (Å²) >= 11 is 1.71. The molecule has 1 aromatic heterocycles. The molecule has 0 radical (unpaired) electrons. The van der Waals surface area contributed by atoms with Crippen LogP contribution in [0.3, 0.4) is 0 Å². The van der Waals surface area contributed by atoms with Crippen LogP contribution in [0.2, 0.25) is 0 Å². The third-order valence-corrected chi connectivity index (χ3v) is 6.41. The van der Waals surface area contributed by atoms with Gasteiger partial charge in [0, 0.05) is 22.9 Å². The van der Waals surface area contributed by atoms with Gasteiger partial charge in [-0.1, -0.05) is 6.07 Å². The lowest BCUT2D eigenvalue weighted by Gasteiger charge is -2.20. The number of rotatable bonds is 3. The predicted octanol–water partition coefficient (Wildman–Crippen LogP) is 3.68. The SMILES string of the molecule is CC(C)(C)S/N=C1\CC2(CCNC2)CC1Cc1ccc2[nH]c(=O)[nH]c2c1. The van der Waals surface area contributed by atoms with Crippen molar-refractivity contribution < 1.29 is 0 Å². The van der Waals surface area contributed by atoms with Gasteiger partial charge in [0.2, 0.25) is 0 Å². The van der Waals surface area contributed by atoms with Crippen molar-refractivity contribution in [3.8, 4) is 0 Å². The highest BCUT2D eigenvalue weighted by molar-refractivity contribution is 7.99. The molecule has 0 bridgehead atoms. The highest BCUT2D eigenvalue weighted by Gasteiger charge is 2.44. The lowest BCUT2D eigenvalue weighted by molar-refractivity contribution is 0.320. The fraction of sp³-hybridized carbons (Fsp3) is 0.600. The second-order valence-electron chi connectivity index (χ2n) is 8.95. The van der Waals surface area contributed by atoms with Gasteiger partial charge in [-0.3, -0.25) is 0 Å². The minimum Gasteiger partial charge on any atom is -0.316 e. The van der Waals surface area contributed by atoms with Gasteiger partial charge in [0.05, 0.1) is 11.0 Å². The predicted molar refractivity (Wildman–Crippen MR) is 110 cm³/mol. The Bertz CT molecular complexity index is 883. The van der Waals surface area contributed by atoms with Crippen LogP contribution in [0.5, 0.6) is 0 Å². The van der Waals surface area contributed by atoms with E-state index in [-0.39, 0.29) is 10.4 Å². The lowest BCUT2D eigenvalue weighted by Crippen LogP contribution is -2.20. The zero-order chi connectivity index (χ0) is 18.4. The standard InChI is InChI=1S/C20H28N4OS/c1-19(2,3)26-24-17-11-20(6-7-21-12-20)10-14(17)8-13-4-5-15-16(9-13)23-18(25)22-15/h4-5,9,14,21H,6-8,10-12H2,1-3H3,(H2,22,23,25)/b24-17+. The number of aromatic amines is 2. The summed E-state index contributed by atoms with van der Waals surface area (Å²) in [6, 6.07) is 6.25. The fourth-order valence-corrected chi connectivity index (χ4v) is 4.95. The largest absolute Gasteiger partial charge is 0.323 e. The molecule has 2 atom stereocenters. The summed E-state index contributed by atoms with van der Waals surface area (Å²) in [4.78, 5) is 17.2. The number of nitrogens with zero attached hydrogens (tertiary/aromatic N) is 1. The number of aromatic nitrogens is 2. The summed E-state index contributed by atoms with van der Waals surface area (Å²) in [5.74, 6) is 0.493. The van der Waals surface area contributed by atoms with E-state index >= 15 is 0 Å². The van der Waals surface area contributed by atoms with Gasteiger partial charge in [0.25, 0.3) is 0 Å². The maximum absolute atomic E-state index is 11.5. The molecule has 140 valence electrons. The average Bonchev–Trinajstić information content (AvgIpc) is 3.24. The maximum atomic E-state index is 11.5. The van der Waals surface area contributed by atoms with Crippen molar-refractivity contribution in [1.29, 1.82) is 0 Å². The van der Waals surface area contributed by atoms with Crippen molar-refractivity contribution >= 4 is 28.7 Å². The zero-order valence-corrected chi connectivity index (χ0v) is 16.6. The normalized spacial score (nSPS) is 28.0. The van der Waals surface area contributed by atoms with Crippen LogP contribution in [-0.2, 0) is 6.42 Å². The third-order valence-electron chi connectivity index (χ3n) is 5.54. The molecule has 1 aliphatic heterocycles. The Morgan fingerprint density at radius 3 is 2.81 bits per heavy atom. The van der Waals surface area contributed by atoms with Crippen LogP contribution < -0.4 is 11.0 Å². The summed E-state index contributed by atoms with van der Waals surface area (Å²) in [5.41, 5.74) is 4.67. The van der Waals surface area contributed by atoms with Crippen LogP contribution in [0.1, 0.15) is 45.6 Å². The van der Waals surface area contributed by atoms with Gasteiger partial charge in [-0.2, -0.15) is 0 Å². The van der Waals surface area contributed by atoms with Gasteiger partial charge >= 0.3 is 5.69 Å². The molecule has 5 nitrogen and oxygen atoms in total. The number of hydrogen-bond acceptors (Lipinski definition) is 4. The van der Waals surface area contributed by atoms with Crippen LogP contribution in [0, 0.1) is 11.3 Å². The summed E-state index contributed by atoms with van der Waals surface area (Å²) in [6.45, 7) is 8.90. The number of H-pyrrole nitrogens is 2. The molecular formula is C20H28N4OS. The molecule has 2 aliphatic rings. The monoisotopic (exact) mass is 372 g/mol. The van der Waals surface area contributed by atoms with Crippen molar-refractivity contribution in [3.05, 3.63) is 34.2 Å². The van der Waals surface area contributed by atoms with Crippen molar-refractivity contribution in [2.24, 2.45) is 15.7 Å². The summed E-state index contributed by atoms with van der Waals surface area (Å²) in [6.07, 6.45) is 4.59. The maximum Gasteiger partial charge on any atom is 0.323 e. The van der Waals surface area contributed by atoms with E-state index < -0.39 is 0 Å². The van der Waals surface area contributed by atoms with Crippen LogP contribution >= 0.6 is 11.9 Å². The molecule has 0 amide bonds. The van der Waals surface area contributed by atoms with Gasteiger partial charge in [0.15, 0.2) is 0 Å². The number of fused-ring (bicyclic) bond motifs is 1. The van der Waals surface area contributed by atoms with E-state index in [0.717, 1.165) is 37.0 Å². The second kappa shape index (κ2) is 6.57. The zero-order valence-electron chi connectivity index (χ0n) is 15.8. The van der Waals surface area contributed by atoms with Gasteiger partial charge < -0.3 is 15.3 Å². The first kappa shape index (κ1) is 17.9. The minimum atomic E-state index is -0.141. The molecule has 1 spiro atoms. The Kier molecular flexibility index (Phi) is 4.51. The Labute approximate surface area is 158 Å². The Balaban J connectivity index is 1.59. The van der Waals surface area contributed by atoms with E-state index in [4.69, 9.17) is 4.40 Å². The lowest BCUT2D eigenvalue weighted by atomic mass is 9.84. The smallest absolute Gasteiger partial charge is 0.316 e. The van der Waals surface area contributed by atoms with Crippen molar-refractivity contribution in [1.82, 2.24) is 15.3 Å². The first-order chi connectivity index (χ1) is 12.3. The summed E-state index contributed by atoms with van der Waals surface area (Å²) < 4.78 is 5.14. The second-order valence-corrected chi connectivity index (χ2v) is 10.5. The topological polar surface area (TPSA) is 73.0 Å². The molecule has 6 heteroatoms. The van der Waals surface area contributed by atoms with Crippen molar-refractivity contribution in [2.75, 3.05) is 13.1 Å². The molecule has 26 heavy (non-hydrogen) atoms. The molecule has 2 fully saturated rings.